The minimum absolute atomic E-state index is 0.0500. The van der Waals surface area contributed by atoms with Crippen LogP contribution in [0.2, 0.25) is 0 Å². The number of aromatic nitrogens is 2. The largest absolute Gasteiger partial charge is 0.484 e. The molecule has 1 aromatic carbocycles. The number of nitrogens with zero attached hydrogens (tertiary/aromatic N) is 3. The van der Waals surface area contributed by atoms with Gasteiger partial charge in [0.05, 0.1) is 0 Å². The van der Waals surface area contributed by atoms with Gasteiger partial charge in [0.15, 0.2) is 6.61 Å². The van der Waals surface area contributed by atoms with Crippen molar-refractivity contribution in [2.75, 3.05) is 0 Å². The summed E-state index contributed by atoms with van der Waals surface area (Å²) < 4.78 is 23.8. The van der Waals surface area contributed by atoms with Gasteiger partial charge in [0.2, 0.25) is 11.7 Å². The molecule has 5 nitrogen and oxygen atoms in total. The van der Waals surface area contributed by atoms with Crippen molar-refractivity contribution in [2.24, 2.45) is 0 Å². The Morgan fingerprint density at radius 1 is 1.47 bits per heavy atom. The molecule has 0 N–H and O–H groups in total. The number of rotatable bonds is 4. The predicted octanol–water partition coefficient (Wildman–Crippen LogP) is 2.54. The second-order valence-electron chi connectivity index (χ2n) is 4.34. The number of hydrogen-bond donors (Lipinski definition) is 0. The molecule has 0 saturated heterocycles. The monoisotopic (exact) mass is 259 g/mol. The summed E-state index contributed by atoms with van der Waals surface area (Å²) in [5, 5.41) is 12.6. The Kier molecular flexibility index (Phi) is 2.88. The molecule has 3 rings (SSSR count). The molecule has 0 unspecified atom stereocenters. The molecule has 0 amide bonds. The molecule has 0 bridgehead atoms. The van der Waals surface area contributed by atoms with Gasteiger partial charge in [-0.25, -0.2) is 4.39 Å². The van der Waals surface area contributed by atoms with Crippen LogP contribution in [0.25, 0.3) is 0 Å². The lowest BCUT2D eigenvalue weighted by atomic mass is 10.2. The minimum atomic E-state index is -0.605. The number of halogens is 1. The smallest absolute Gasteiger partial charge is 0.229 e. The summed E-state index contributed by atoms with van der Waals surface area (Å²) in [6.45, 7) is 0.0500. The maximum Gasteiger partial charge on any atom is 0.229 e. The van der Waals surface area contributed by atoms with Crippen LogP contribution in [0, 0.1) is 17.1 Å². The van der Waals surface area contributed by atoms with Crippen molar-refractivity contribution < 1.29 is 13.7 Å². The first-order chi connectivity index (χ1) is 9.28. The van der Waals surface area contributed by atoms with E-state index in [1.165, 1.54) is 18.2 Å². The van der Waals surface area contributed by atoms with Crippen LogP contribution in [-0.2, 0) is 6.61 Å². The molecule has 96 valence electrons. The quantitative estimate of drug-likeness (QED) is 0.843. The summed E-state index contributed by atoms with van der Waals surface area (Å²) in [6.07, 6.45) is 2.15. The Hall–Kier alpha value is -2.42. The molecule has 0 spiro atoms. The fraction of sp³-hybridized carbons (Fsp3) is 0.308. The van der Waals surface area contributed by atoms with Crippen LogP contribution in [0.3, 0.4) is 0 Å². The molecule has 0 atom stereocenters. The predicted molar refractivity (Wildman–Crippen MR) is 61.7 cm³/mol. The molecule has 0 aliphatic heterocycles. The van der Waals surface area contributed by atoms with Gasteiger partial charge >= 0.3 is 0 Å². The fourth-order valence-corrected chi connectivity index (χ4v) is 1.70. The van der Waals surface area contributed by atoms with E-state index >= 15 is 0 Å². The van der Waals surface area contributed by atoms with E-state index in [1.807, 2.05) is 0 Å². The third-order valence-corrected chi connectivity index (χ3v) is 2.85. The summed E-state index contributed by atoms with van der Waals surface area (Å²) in [6, 6.07) is 6.00. The highest BCUT2D eigenvalue weighted by molar-refractivity contribution is 5.43. The zero-order valence-corrected chi connectivity index (χ0v) is 9.97. The summed E-state index contributed by atoms with van der Waals surface area (Å²) >= 11 is 0. The third-order valence-electron chi connectivity index (χ3n) is 2.85. The van der Waals surface area contributed by atoms with E-state index in [0.29, 0.717) is 17.6 Å². The molecule has 6 heteroatoms. The maximum atomic E-state index is 13.3. The van der Waals surface area contributed by atoms with E-state index in [-0.39, 0.29) is 17.9 Å². The highest BCUT2D eigenvalue weighted by atomic mass is 19.1. The van der Waals surface area contributed by atoms with E-state index < -0.39 is 5.82 Å². The first kappa shape index (κ1) is 11.7. The van der Waals surface area contributed by atoms with Gasteiger partial charge in [-0.3, -0.25) is 0 Å². The summed E-state index contributed by atoms with van der Waals surface area (Å²) in [4.78, 5) is 4.19. The lowest BCUT2D eigenvalue weighted by Gasteiger charge is -2.05. The van der Waals surface area contributed by atoms with Crippen molar-refractivity contribution in [3.05, 3.63) is 41.3 Å². The van der Waals surface area contributed by atoms with E-state index in [1.54, 1.807) is 6.07 Å². The lowest BCUT2D eigenvalue weighted by Crippen LogP contribution is -2.00. The van der Waals surface area contributed by atoms with Crippen LogP contribution >= 0.6 is 0 Å². The van der Waals surface area contributed by atoms with E-state index in [9.17, 15) is 4.39 Å². The number of benzene rings is 1. The molecule has 2 aromatic rings. The van der Waals surface area contributed by atoms with Gasteiger partial charge in [0.25, 0.3) is 0 Å². The van der Waals surface area contributed by atoms with Gasteiger partial charge in [-0.2, -0.15) is 10.2 Å². The van der Waals surface area contributed by atoms with Crippen LogP contribution in [-0.4, -0.2) is 10.1 Å². The number of ether oxygens (including phenoxy) is 1. The molecular formula is C13H10FN3O2. The van der Waals surface area contributed by atoms with Crippen molar-refractivity contribution >= 4 is 0 Å². The standard InChI is InChI=1S/C13H10FN3O2/c14-10-2-1-3-11(9(10)6-15)18-7-12-16-13(19-17-12)8-4-5-8/h1-3,8H,4-5,7H2. The van der Waals surface area contributed by atoms with Crippen molar-refractivity contribution in [1.82, 2.24) is 10.1 Å². The molecular weight excluding hydrogens is 249 g/mol. The Morgan fingerprint density at radius 3 is 3.05 bits per heavy atom. The summed E-state index contributed by atoms with van der Waals surface area (Å²) in [5.74, 6) is 0.977. The average Bonchev–Trinajstić information content (AvgIpc) is 3.16. The Morgan fingerprint density at radius 2 is 2.32 bits per heavy atom. The molecule has 19 heavy (non-hydrogen) atoms. The van der Waals surface area contributed by atoms with E-state index in [0.717, 1.165) is 12.8 Å². The molecule has 1 aliphatic rings. The van der Waals surface area contributed by atoms with Crippen LogP contribution < -0.4 is 4.74 Å². The molecule has 1 aliphatic carbocycles. The maximum absolute atomic E-state index is 13.3. The number of nitriles is 1. The minimum Gasteiger partial charge on any atom is -0.484 e. The molecule has 1 heterocycles. The molecule has 0 radical (unpaired) electrons. The van der Waals surface area contributed by atoms with Gasteiger partial charge in [-0.1, -0.05) is 11.2 Å². The molecule has 1 fully saturated rings. The summed E-state index contributed by atoms with van der Waals surface area (Å²) in [7, 11) is 0. The molecule has 1 aromatic heterocycles. The van der Waals surface area contributed by atoms with E-state index in [4.69, 9.17) is 14.5 Å². The van der Waals surface area contributed by atoms with Gasteiger partial charge < -0.3 is 9.26 Å². The second-order valence-corrected chi connectivity index (χ2v) is 4.34. The Labute approximate surface area is 108 Å². The van der Waals surface area contributed by atoms with Crippen molar-refractivity contribution in [1.29, 1.82) is 5.26 Å². The summed E-state index contributed by atoms with van der Waals surface area (Å²) in [5.41, 5.74) is -0.117. The highest BCUT2D eigenvalue weighted by Gasteiger charge is 2.29. The zero-order valence-electron chi connectivity index (χ0n) is 9.97. The van der Waals surface area contributed by atoms with E-state index in [2.05, 4.69) is 10.1 Å². The van der Waals surface area contributed by atoms with Gasteiger partial charge in [0, 0.05) is 5.92 Å². The van der Waals surface area contributed by atoms with Crippen LogP contribution in [0.4, 0.5) is 4.39 Å². The lowest BCUT2D eigenvalue weighted by molar-refractivity contribution is 0.283. The zero-order chi connectivity index (χ0) is 13.2. The first-order valence-electron chi connectivity index (χ1n) is 5.92. The van der Waals surface area contributed by atoms with Gasteiger partial charge in [-0.15, -0.1) is 0 Å². The topological polar surface area (TPSA) is 71.9 Å². The van der Waals surface area contributed by atoms with Crippen molar-refractivity contribution in [2.45, 2.75) is 25.4 Å². The average molecular weight is 259 g/mol. The van der Waals surface area contributed by atoms with Gasteiger partial charge in [-0.05, 0) is 25.0 Å². The molecule has 1 saturated carbocycles. The Balaban J connectivity index is 1.71. The van der Waals surface area contributed by atoms with Gasteiger partial charge in [0.1, 0.15) is 23.2 Å². The van der Waals surface area contributed by atoms with Crippen LogP contribution in [0.1, 0.15) is 36.0 Å². The second kappa shape index (κ2) is 4.69. The van der Waals surface area contributed by atoms with Crippen LogP contribution in [0.15, 0.2) is 22.7 Å². The third kappa shape index (κ3) is 2.40. The van der Waals surface area contributed by atoms with Crippen molar-refractivity contribution in [3.8, 4) is 11.8 Å². The number of hydrogen-bond acceptors (Lipinski definition) is 5. The SMILES string of the molecule is N#Cc1c(F)cccc1OCc1noc(C2CC2)n1. The first-order valence-corrected chi connectivity index (χ1v) is 5.92. The van der Waals surface area contributed by atoms with Crippen LogP contribution in [0.5, 0.6) is 5.75 Å². The Bertz CT molecular complexity index is 644. The highest BCUT2D eigenvalue weighted by Crippen LogP contribution is 2.38. The fourth-order valence-electron chi connectivity index (χ4n) is 1.70. The normalized spacial score (nSPS) is 14.1. The van der Waals surface area contributed by atoms with Crippen molar-refractivity contribution in [3.63, 3.8) is 0 Å².